The molecule has 0 aliphatic heterocycles. The Balaban J connectivity index is 1.46. The molecule has 2 heterocycles. The molecule has 0 atom stereocenters. The van der Waals surface area contributed by atoms with E-state index in [0.717, 1.165) is 11.4 Å². The van der Waals surface area contributed by atoms with Crippen molar-refractivity contribution < 1.29 is 8.42 Å². The van der Waals surface area contributed by atoms with E-state index in [0.29, 0.717) is 29.0 Å². The highest BCUT2D eigenvalue weighted by Crippen LogP contribution is 2.23. The van der Waals surface area contributed by atoms with Crippen molar-refractivity contribution in [3.8, 4) is 0 Å². The highest BCUT2D eigenvalue weighted by molar-refractivity contribution is 7.92. The summed E-state index contributed by atoms with van der Waals surface area (Å²) in [5.74, 6) is 2.52. The van der Waals surface area contributed by atoms with Gasteiger partial charge in [-0.2, -0.15) is 8.42 Å². The maximum atomic E-state index is 12.6. The van der Waals surface area contributed by atoms with Crippen molar-refractivity contribution in [2.75, 3.05) is 15.4 Å². The maximum absolute atomic E-state index is 12.6. The normalized spacial score (nSPS) is 11.3. The molecule has 0 aliphatic carbocycles. The molecule has 0 saturated heterocycles. The zero-order chi connectivity index (χ0) is 23.6. The highest BCUT2D eigenvalue weighted by Gasteiger charge is 2.18. The van der Waals surface area contributed by atoms with Gasteiger partial charge in [0.2, 0.25) is 0 Å². The van der Waals surface area contributed by atoms with Crippen LogP contribution in [0.25, 0.3) is 0 Å². The van der Waals surface area contributed by atoms with Crippen molar-refractivity contribution in [2.24, 2.45) is 7.05 Å². The van der Waals surface area contributed by atoms with E-state index < -0.39 is 10.0 Å². The van der Waals surface area contributed by atoms with Crippen molar-refractivity contribution in [3.05, 3.63) is 78.0 Å². The third kappa shape index (κ3) is 5.47. The summed E-state index contributed by atoms with van der Waals surface area (Å²) >= 11 is 0. The molecule has 2 aromatic carbocycles. The molecule has 0 fully saturated rings. The molecule has 9 nitrogen and oxygen atoms in total. The van der Waals surface area contributed by atoms with Crippen molar-refractivity contribution >= 4 is 38.7 Å². The van der Waals surface area contributed by atoms with Crippen LogP contribution in [0, 0.1) is 20.8 Å². The lowest BCUT2D eigenvalue weighted by molar-refractivity contribution is 0.598. The van der Waals surface area contributed by atoms with Gasteiger partial charge in [-0.05, 0) is 57.2 Å². The zero-order valence-electron chi connectivity index (χ0n) is 18.8. The van der Waals surface area contributed by atoms with Crippen molar-refractivity contribution in [1.82, 2.24) is 19.5 Å². The van der Waals surface area contributed by atoms with Crippen LogP contribution in [-0.4, -0.2) is 27.9 Å². The lowest BCUT2D eigenvalue weighted by Crippen LogP contribution is -2.13. The summed E-state index contributed by atoms with van der Waals surface area (Å²) in [4.78, 5) is 13.0. The van der Waals surface area contributed by atoms with E-state index in [4.69, 9.17) is 0 Å². The number of anilines is 5. The lowest BCUT2D eigenvalue weighted by Gasteiger charge is -2.11. The Labute approximate surface area is 193 Å². The third-order valence-electron chi connectivity index (χ3n) is 4.93. The molecule has 0 bridgehead atoms. The molecule has 33 heavy (non-hydrogen) atoms. The number of hydrogen-bond donors (Lipinski definition) is 3. The fraction of sp³-hybridized carbons (Fsp3) is 0.174. The first-order valence-corrected chi connectivity index (χ1v) is 11.8. The third-order valence-corrected chi connectivity index (χ3v) is 6.19. The fourth-order valence-electron chi connectivity index (χ4n) is 3.11. The van der Waals surface area contributed by atoms with E-state index >= 15 is 0 Å². The summed E-state index contributed by atoms with van der Waals surface area (Å²) in [7, 11) is -2.01. The summed E-state index contributed by atoms with van der Waals surface area (Å²) < 4.78 is 29.3. The first-order valence-electron chi connectivity index (χ1n) is 10.3. The van der Waals surface area contributed by atoms with Gasteiger partial charge >= 0.3 is 0 Å². The van der Waals surface area contributed by atoms with Crippen LogP contribution in [0.1, 0.15) is 17.2 Å². The van der Waals surface area contributed by atoms with Crippen molar-refractivity contribution in [3.63, 3.8) is 0 Å². The SMILES string of the molecule is Cc1ccc(Nc2cc(Nc3ccc(NS(=O)(=O)c4cn(C)c(C)n4)cc3)nc(C)n2)cc1. The van der Waals surface area contributed by atoms with Crippen LogP contribution < -0.4 is 15.4 Å². The minimum atomic E-state index is -3.76. The van der Waals surface area contributed by atoms with Gasteiger partial charge in [-0.1, -0.05) is 17.7 Å². The summed E-state index contributed by atoms with van der Waals surface area (Å²) in [6.07, 6.45) is 1.48. The second-order valence-corrected chi connectivity index (χ2v) is 9.35. The number of hydrogen-bond acceptors (Lipinski definition) is 7. The largest absolute Gasteiger partial charge is 0.340 e. The number of sulfonamides is 1. The minimum Gasteiger partial charge on any atom is -0.340 e. The average molecular weight is 464 g/mol. The van der Waals surface area contributed by atoms with Crippen LogP contribution in [-0.2, 0) is 17.1 Å². The Morgan fingerprint density at radius 2 is 1.27 bits per heavy atom. The molecule has 170 valence electrons. The molecule has 3 N–H and O–H groups in total. The molecular formula is C23H25N7O2S. The molecule has 0 aliphatic rings. The van der Waals surface area contributed by atoms with Gasteiger partial charge in [-0.15, -0.1) is 0 Å². The van der Waals surface area contributed by atoms with Gasteiger partial charge in [0, 0.05) is 36.4 Å². The first-order chi connectivity index (χ1) is 15.7. The topological polar surface area (TPSA) is 114 Å². The van der Waals surface area contributed by atoms with Gasteiger partial charge in [0.15, 0.2) is 5.03 Å². The van der Waals surface area contributed by atoms with Gasteiger partial charge < -0.3 is 15.2 Å². The van der Waals surface area contributed by atoms with Gasteiger partial charge in [0.1, 0.15) is 23.3 Å². The molecule has 0 saturated carbocycles. The molecule has 10 heteroatoms. The van der Waals surface area contributed by atoms with Gasteiger partial charge in [-0.25, -0.2) is 15.0 Å². The molecule has 0 spiro atoms. The van der Waals surface area contributed by atoms with Crippen LogP contribution in [0.15, 0.2) is 65.8 Å². The van der Waals surface area contributed by atoms with Crippen LogP contribution in [0.3, 0.4) is 0 Å². The van der Waals surface area contributed by atoms with Crippen LogP contribution >= 0.6 is 0 Å². The van der Waals surface area contributed by atoms with Crippen LogP contribution in [0.4, 0.5) is 28.7 Å². The number of aryl methyl sites for hydroxylation is 4. The van der Waals surface area contributed by atoms with E-state index in [1.165, 1.54) is 11.8 Å². The second kappa shape index (κ2) is 8.91. The van der Waals surface area contributed by atoms with E-state index in [-0.39, 0.29) is 5.03 Å². The van der Waals surface area contributed by atoms with E-state index in [1.807, 2.05) is 44.2 Å². The number of aromatic nitrogens is 4. The smallest absolute Gasteiger partial charge is 0.280 e. The molecule has 0 amide bonds. The van der Waals surface area contributed by atoms with Gasteiger partial charge in [0.05, 0.1) is 0 Å². The predicted octanol–water partition coefficient (Wildman–Crippen LogP) is 4.42. The molecular weight excluding hydrogens is 438 g/mol. The number of rotatable bonds is 7. The Bertz CT molecular complexity index is 1360. The Morgan fingerprint density at radius 3 is 1.79 bits per heavy atom. The summed E-state index contributed by atoms with van der Waals surface area (Å²) in [6, 6.07) is 16.7. The molecule has 2 aromatic heterocycles. The fourth-order valence-corrected chi connectivity index (χ4v) is 4.21. The van der Waals surface area contributed by atoms with Gasteiger partial charge in [-0.3, -0.25) is 4.72 Å². The molecule has 0 unspecified atom stereocenters. The number of nitrogens with zero attached hydrogens (tertiary/aromatic N) is 4. The molecule has 0 radical (unpaired) electrons. The number of benzene rings is 2. The predicted molar refractivity (Wildman–Crippen MR) is 130 cm³/mol. The highest BCUT2D eigenvalue weighted by atomic mass is 32.2. The quantitative estimate of drug-likeness (QED) is 0.372. The minimum absolute atomic E-state index is 0.0187. The summed E-state index contributed by atoms with van der Waals surface area (Å²) in [5, 5.41) is 6.49. The Morgan fingerprint density at radius 1 is 0.758 bits per heavy atom. The molecule has 4 rings (SSSR count). The van der Waals surface area contributed by atoms with Crippen LogP contribution in [0.2, 0.25) is 0 Å². The molecule has 4 aromatic rings. The lowest BCUT2D eigenvalue weighted by atomic mass is 10.2. The monoisotopic (exact) mass is 463 g/mol. The first kappa shape index (κ1) is 22.3. The number of imidazole rings is 1. The summed E-state index contributed by atoms with van der Waals surface area (Å²) in [5.41, 5.74) is 3.31. The van der Waals surface area contributed by atoms with Gasteiger partial charge in [0.25, 0.3) is 10.0 Å². The average Bonchev–Trinajstić information content (AvgIpc) is 3.10. The zero-order valence-corrected chi connectivity index (χ0v) is 19.6. The summed E-state index contributed by atoms with van der Waals surface area (Å²) in [6.45, 7) is 5.61. The van der Waals surface area contributed by atoms with Crippen LogP contribution in [0.5, 0.6) is 0 Å². The van der Waals surface area contributed by atoms with Crippen molar-refractivity contribution in [2.45, 2.75) is 25.8 Å². The van der Waals surface area contributed by atoms with Crippen molar-refractivity contribution in [1.29, 1.82) is 0 Å². The standard InChI is InChI=1S/C23H25N7O2S/c1-15-5-7-18(8-6-15)27-21-13-22(25-16(2)24-21)28-19-9-11-20(12-10-19)29-33(31,32)23-14-30(4)17(3)26-23/h5-14,29H,1-4H3,(H2,24,25,27,28). The number of nitrogens with one attached hydrogen (secondary N) is 3. The van der Waals surface area contributed by atoms with E-state index in [2.05, 4.69) is 30.3 Å². The Hall–Kier alpha value is -3.92. The Kier molecular flexibility index (Phi) is 6.01. The maximum Gasteiger partial charge on any atom is 0.280 e. The van der Waals surface area contributed by atoms with E-state index in [9.17, 15) is 8.42 Å². The van der Waals surface area contributed by atoms with E-state index in [1.54, 1.807) is 42.8 Å². The second-order valence-electron chi connectivity index (χ2n) is 7.72.